The number of hydrogen-bond acceptors (Lipinski definition) is 2. The maximum absolute atomic E-state index is 13.5. The first-order valence-corrected chi connectivity index (χ1v) is 15.2. The summed E-state index contributed by atoms with van der Waals surface area (Å²) in [7, 11) is 1.92. The second kappa shape index (κ2) is 19.9. The van der Waals surface area contributed by atoms with Crippen LogP contribution < -0.4 is 38.2 Å². The molecule has 1 aromatic heterocycles. The van der Waals surface area contributed by atoms with Crippen molar-refractivity contribution in [2.75, 3.05) is 11.5 Å². The van der Waals surface area contributed by atoms with Crippen molar-refractivity contribution in [2.24, 2.45) is 7.05 Å². The summed E-state index contributed by atoms with van der Waals surface area (Å²) in [5.74, 6) is 0.650. The van der Waals surface area contributed by atoms with Crippen molar-refractivity contribution in [2.45, 2.75) is 90.5 Å². The molecule has 0 atom stereocenters. The SMILES string of the molecule is CCCCCCCCCCCCCCOc1ccc(CN(C(=O)c2ccc[n+](C)c2)c2ccccc2)cc1Cl.[I-]. The fourth-order valence-electron chi connectivity index (χ4n) is 4.83. The van der Waals surface area contributed by atoms with Gasteiger partial charge in [0.1, 0.15) is 18.4 Å². The predicted octanol–water partition coefficient (Wildman–Crippen LogP) is 6.10. The third kappa shape index (κ3) is 12.2. The number of halogens is 2. The van der Waals surface area contributed by atoms with Crippen molar-refractivity contribution in [3.8, 4) is 5.75 Å². The number of aryl methyl sites for hydroxylation is 1. The Bertz CT molecular complexity index is 1130. The highest BCUT2D eigenvalue weighted by molar-refractivity contribution is 6.32. The molecule has 3 rings (SSSR count). The van der Waals surface area contributed by atoms with Crippen LogP contribution in [0.5, 0.6) is 5.75 Å². The van der Waals surface area contributed by atoms with Crippen molar-refractivity contribution in [3.05, 3.63) is 89.2 Å². The molecular formula is C34H46ClIN2O2. The van der Waals surface area contributed by atoms with E-state index in [0.29, 0.717) is 29.5 Å². The van der Waals surface area contributed by atoms with Gasteiger partial charge < -0.3 is 33.6 Å². The molecule has 0 fully saturated rings. The average molecular weight is 677 g/mol. The van der Waals surface area contributed by atoms with Crippen LogP contribution in [0.15, 0.2) is 73.1 Å². The topological polar surface area (TPSA) is 33.4 Å². The monoisotopic (exact) mass is 676 g/mol. The van der Waals surface area contributed by atoms with Gasteiger partial charge in [-0.3, -0.25) is 4.79 Å². The quantitative estimate of drug-likeness (QED) is 0.0928. The zero-order chi connectivity index (χ0) is 27.7. The molecule has 2 aromatic carbocycles. The Kier molecular flexibility index (Phi) is 16.9. The molecule has 0 saturated carbocycles. The molecule has 1 amide bonds. The van der Waals surface area contributed by atoms with Gasteiger partial charge >= 0.3 is 0 Å². The molecule has 0 aliphatic heterocycles. The first-order chi connectivity index (χ1) is 19.1. The molecule has 0 N–H and O–H groups in total. The molecule has 4 nitrogen and oxygen atoms in total. The number of amides is 1. The Morgan fingerprint density at radius 1 is 0.825 bits per heavy atom. The molecule has 0 unspecified atom stereocenters. The number of unbranched alkanes of at least 4 members (excludes halogenated alkanes) is 11. The van der Waals surface area contributed by atoms with Gasteiger partial charge in [0.25, 0.3) is 5.91 Å². The number of nitrogens with zero attached hydrogens (tertiary/aromatic N) is 2. The molecule has 0 saturated heterocycles. The third-order valence-corrected chi connectivity index (χ3v) is 7.39. The maximum atomic E-state index is 13.5. The molecule has 0 bridgehead atoms. The average Bonchev–Trinajstić information content (AvgIpc) is 2.95. The van der Waals surface area contributed by atoms with Crippen molar-refractivity contribution < 1.29 is 38.1 Å². The van der Waals surface area contributed by atoms with E-state index >= 15 is 0 Å². The van der Waals surface area contributed by atoms with E-state index in [1.54, 1.807) is 4.90 Å². The summed E-state index contributed by atoms with van der Waals surface area (Å²) in [6.45, 7) is 3.37. The summed E-state index contributed by atoms with van der Waals surface area (Å²) in [5.41, 5.74) is 2.44. The molecule has 0 aliphatic carbocycles. The van der Waals surface area contributed by atoms with E-state index in [2.05, 4.69) is 6.92 Å². The van der Waals surface area contributed by atoms with Gasteiger partial charge in [-0.1, -0.05) is 113 Å². The number of carbonyl (C=O) groups is 1. The van der Waals surface area contributed by atoms with Crippen LogP contribution in [0.1, 0.15) is 99.9 Å². The Hall–Kier alpha value is -2.12. The lowest BCUT2D eigenvalue weighted by atomic mass is 10.1. The Balaban J connectivity index is 0.00000560. The lowest BCUT2D eigenvalue weighted by Crippen LogP contribution is -3.00. The fraction of sp³-hybridized carbons (Fsp3) is 0.471. The fourth-order valence-corrected chi connectivity index (χ4v) is 5.08. The number of anilines is 1. The Morgan fingerprint density at radius 2 is 1.45 bits per heavy atom. The number of carbonyl (C=O) groups excluding carboxylic acids is 1. The van der Waals surface area contributed by atoms with E-state index in [9.17, 15) is 4.79 Å². The maximum Gasteiger partial charge on any atom is 0.264 e. The van der Waals surface area contributed by atoms with Crippen LogP contribution in [0.25, 0.3) is 0 Å². The Morgan fingerprint density at radius 3 is 2.05 bits per heavy atom. The van der Waals surface area contributed by atoms with Gasteiger partial charge in [0, 0.05) is 11.8 Å². The highest BCUT2D eigenvalue weighted by atomic mass is 127. The minimum Gasteiger partial charge on any atom is -1.00 e. The lowest BCUT2D eigenvalue weighted by Gasteiger charge is -2.23. The summed E-state index contributed by atoms with van der Waals surface area (Å²) < 4.78 is 7.87. The van der Waals surface area contributed by atoms with E-state index in [-0.39, 0.29) is 29.9 Å². The van der Waals surface area contributed by atoms with Crippen molar-refractivity contribution in [3.63, 3.8) is 0 Å². The molecular weight excluding hydrogens is 631 g/mol. The van der Waals surface area contributed by atoms with E-state index < -0.39 is 0 Å². The highest BCUT2D eigenvalue weighted by Crippen LogP contribution is 2.28. The molecule has 40 heavy (non-hydrogen) atoms. The van der Waals surface area contributed by atoms with Crippen LogP contribution in [0.2, 0.25) is 5.02 Å². The zero-order valence-electron chi connectivity index (χ0n) is 24.3. The zero-order valence-corrected chi connectivity index (χ0v) is 27.2. The highest BCUT2D eigenvalue weighted by Gasteiger charge is 2.20. The molecule has 3 aromatic rings. The predicted molar refractivity (Wildman–Crippen MR) is 163 cm³/mol. The normalized spacial score (nSPS) is 10.7. The summed E-state index contributed by atoms with van der Waals surface area (Å²) in [4.78, 5) is 15.2. The van der Waals surface area contributed by atoms with E-state index in [4.69, 9.17) is 16.3 Å². The van der Waals surface area contributed by atoms with Crippen LogP contribution in [0, 0.1) is 0 Å². The Labute approximate surface area is 264 Å². The van der Waals surface area contributed by atoms with Gasteiger partial charge in [0.05, 0.1) is 18.2 Å². The van der Waals surface area contributed by atoms with Gasteiger partial charge in [-0.25, -0.2) is 4.57 Å². The number of rotatable bonds is 18. The van der Waals surface area contributed by atoms with Crippen LogP contribution >= 0.6 is 11.6 Å². The smallest absolute Gasteiger partial charge is 0.264 e. The van der Waals surface area contributed by atoms with Crippen molar-refractivity contribution in [1.29, 1.82) is 0 Å². The molecule has 1 heterocycles. The van der Waals surface area contributed by atoms with Crippen molar-refractivity contribution >= 4 is 23.2 Å². The minimum absolute atomic E-state index is 0. The van der Waals surface area contributed by atoms with Crippen LogP contribution in [0.4, 0.5) is 5.69 Å². The second-order valence-corrected chi connectivity index (χ2v) is 10.9. The number of para-hydroxylation sites is 1. The third-order valence-electron chi connectivity index (χ3n) is 7.09. The molecule has 0 spiro atoms. The second-order valence-electron chi connectivity index (χ2n) is 10.5. The first kappa shape index (κ1) is 34.1. The number of aromatic nitrogens is 1. The van der Waals surface area contributed by atoms with Gasteiger partial charge in [0.15, 0.2) is 12.4 Å². The van der Waals surface area contributed by atoms with Crippen LogP contribution in [-0.2, 0) is 13.6 Å². The molecule has 0 aliphatic rings. The van der Waals surface area contributed by atoms with Crippen molar-refractivity contribution in [1.82, 2.24) is 0 Å². The van der Waals surface area contributed by atoms with Crippen LogP contribution in [0.3, 0.4) is 0 Å². The van der Waals surface area contributed by atoms with Gasteiger partial charge in [-0.2, -0.15) is 0 Å². The summed E-state index contributed by atoms with van der Waals surface area (Å²) in [6.07, 6.45) is 19.6. The summed E-state index contributed by atoms with van der Waals surface area (Å²) in [5, 5.41) is 0.581. The summed E-state index contributed by atoms with van der Waals surface area (Å²) in [6, 6.07) is 19.3. The van der Waals surface area contributed by atoms with Crippen LogP contribution in [-0.4, -0.2) is 12.5 Å². The molecule has 6 heteroatoms. The number of ether oxygens (including phenoxy) is 1. The van der Waals surface area contributed by atoms with E-state index in [0.717, 1.165) is 17.7 Å². The van der Waals surface area contributed by atoms with Gasteiger partial charge in [-0.05, 0) is 42.3 Å². The molecule has 218 valence electrons. The lowest BCUT2D eigenvalue weighted by molar-refractivity contribution is -0.671. The van der Waals surface area contributed by atoms with Gasteiger partial charge in [0.2, 0.25) is 0 Å². The summed E-state index contributed by atoms with van der Waals surface area (Å²) >= 11 is 6.60. The van der Waals surface area contributed by atoms with E-state index in [1.807, 2.05) is 84.7 Å². The number of pyridine rings is 1. The first-order valence-electron chi connectivity index (χ1n) is 14.8. The number of benzene rings is 2. The van der Waals surface area contributed by atoms with E-state index in [1.165, 1.54) is 70.6 Å². The largest absolute Gasteiger partial charge is 1.00 e. The van der Waals surface area contributed by atoms with Gasteiger partial charge in [-0.15, -0.1) is 0 Å². The number of hydrogen-bond donors (Lipinski definition) is 0. The standard InChI is InChI=1S/C34H46ClN2O2.HI/c1-3-4-5-6-7-8-9-10-11-12-13-17-25-39-33-23-22-29(26-32(33)35)27-37(31-20-15-14-16-21-31)34(38)30-19-18-24-36(2)28-30;/h14-16,18-24,26,28H,3-13,17,25,27H2,1-2H3;1H/q+1;/p-1. The molecule has 0 radical (unpaired) electrons. The minimum atomic E-state index is -0.0548.